The van der Waals surface area contributed by atoms with Crippen LogP contribution >= 0.6 is 0 Å². The SMILES string of the molecule is CCNC(=O)C1CCCN(C(=O)NCc2ccc(N3CCCCC3)nc2)C1. The van der Waals surface area contributed by atoms with Crippen LogP contribution in [0.5, 0.6) is 0 Å². The van der Waals surface area contributed by atoms with Gasteiger partial charge < -0.3 is 20.4 Å². The van der Waals surface area contributed by atoms with Gasteiger partial charge in [0.05, 0.1) is 5.92 Å². The molecule has 7 heteroatoms. The number of urea groups is 1. The lowest BCUT2D eigenvalue weighted by molar-refractivity contribution is -0.126. The number of nitrogens with one attached hydrogen (secondary N) is 2. The Bertz CT molecular complexity index is 628. The summed E-state index contributed by atoms with van der Waals surface area (Å²) in [6.45, 7) is 6.33. The molecule has 1 unspecified atom stereocenters. The second-order valence-corrected chi connectivity index (χ2v) is 7.41. The highest BCUT2D eigenvalue weighted by molar-refractivity contribution is 5.80. The third kappa shape index (κ3) is 5.34. The van der Waals surface area contributed by atoms with Gasteiger partial charge in [0.2, 0.25) is 5.91 Å². The van der Waals surface area contributed by atoms with Crippen molar-refractivity contribution < 1.29 is 9.59 Å². The number of hydrogen-bond donors (Lipinski definition) is 2. The molecule has 148 valence electrons. The number of carbonyl (C=O) groups excluding carboxylic acids is 2. The number of likely N-dealkylation sites (tertiary alicyclic amines) is 1. The Labute approximate surface area is 161 Å². The van der Waals surface area contributed by atoms with E-state index in [-0.39, 0.29) is 17.9 Å². The molecule has 3 heterocycles. The minimum atomic E-state index is -0.107. The van der Waals surface area contributed by atoms with Crippen LogP contribution in [-0.4, -0.2) is 54.5 Å². The summed E-state index contributed by atoms with van der Waals surface area (Å²) in [6, 6.07) is 3.97. The predicted molar refractivity (Wildman–Crippen MR) is 106 cm³/mol. The molecule has 0 bridgehead atoms. The van der Waals surface area contributed by atoms with Crippen LogP contribution in [0.25, 0.3) is 0 Å². The van der Waals surface area contributed by atoms with E-state index in [1.54, 1.807) is 4.90 Å². The summed E-state index contributed by atoms with van der Waals surface area (Å²) < 4.78 is 0. The molecule has 27 heavy (non-hydrogen) atoms. The largest absolute Gasteiger partial charge is 0.357 e. The fourth-order valence-electron chi connectivity index (χ4n) is 3.81. The minimum Gasteiger partial charge on any atom is -0.357 e. The van der Waals surface area contributed by atoms with Crippen molar-refractivity contribution in [2.24, 2.45) is 5.92 Å². The molecule has 1 atom stereocenters. The monoisotopic (exact) mass is 373 g/mol. The molecule has 0 spiro atoms. The summed E-state index contributed by atoms with van der Waals surface area (Å²) in [6.07, 6.45) is 7.31. The van der Waals surface area contributed by atoms with E-state index in [2.05, 4.69) is 20.5 Å². The van der Waals surface area contributed by atoms with Gasteiger partial charge in [-0.2, -0.15) is 0 Å². The molecular weight excluding hydrogens is 342 g/mol. The lowest BCUT2D eigenvalue weighted by atomic mass is 9.97. The zero-order valence-corrected chi connectivity index (χ0v) is 16.2. The van der Waals surface area contributed by atoms with Crippen LogP contribution in [0.3, 0.4) is 0 Å². The zero-order valence-electron chi connectivity index (χ0n) is 16.2. The molecule has 2 N–H and O–H groups in total. The van der Waals surface area contributed by atoms with Crippen molar-refractivity contribution in [3.63, 3.8) is 0 Å². The summed E-state index contributed by atoms with van der Waals surface area (Å²) in [5.74, 6) is 0.966. The Kier molecular flexibility index (Phi) is 6.90. The average Bonchev–Trinajstić information content (AvgIpc) is 2.73. The molecule has 2 aliphatic heterocycles. The maximum atomic E-state index is 12.5. The Morgan fingerprint density at radius 1 is 1.11 bits per heavy atom. The Morgan fingerprint density at radius 3 is 2.63 bits per heavy atom. The van der Waals surface area contributed by atoms with E-state index in [0.29, 0.717) is 26.2 Å². The van der Waals surface area contributed by atoms with Gasteiger partial charge in [0.15, 0.2) is 0 Å². The molecular formula is C20H31N5O2. The molecule has 3 rings (SSSR count). The number of piperidine rings is 2. The summed E-state index contributed by atoms with van der Waals surface area (Å²) in [7, 11) is 0. The second-order valence-electron chi connectivity index (χ2n) is 7.41. The van der Waals surface area contributed by atoms with Crippen LogP contribution in [0.2, 0.25) is 0 Å². The quantitative estimate of drug-likeness (QED) is 0.829. The molecule has 2 saturated heterocycles. The summed E-state index contributed by atoms with van der Waals surface area (Å²) in [5.41, 5.74) is 0.987. The molecule has 2 fully saturated rings. The maximum Gasteiger partial charge on any atom is 0.317 e. The number of pyridine rings is 1. The van der Waals surface area contributed by atoms with Gasteiger partial charge in [-0.05, 0) is 50.7 Å². The fraction of sp³-hybridized carbons (Fsp3) is 0.650. The highest BCUT2D eigenvalue weighted by Gasteiger charge is 2.27. The number of nitrogens with zero attached hydrogens (tertiary/aromatic N) is 3. The van der Waals surface area contributed by atoms with Gasteiger partial charge in [-0.1, -0.05) is 6.07 Å². The number of carbonyl (C=O) groups is 2. The van der Waals surface area contributed by atoms with Crippen molar-refractivity contribution in [3.8, 4) is 0 Å². The van der Waals surface area contributed by atoms with Gasteiger partial charge in [0.1, 0.15) is 5.82 Å². The first-order valence-electron chi connectivity index (χ1n) is 10.2. The molecule has 1 aromatic rings. The van der Waals surface area contributed by atoms with Crippen molar-refractivity contribution in [2.45, 2.75) is 45.6 Å². The first kappa shape index (κ1) is 19.5. The van der Waals surface area contributed by atoms with Gasteiger partial charge in [-0.3, -0.25) is 4.79 Å². The van der Waals surface area contributed by atoms with E-state index < -0.39 is 0 Å². The Hall–Kier alpha value is -2.31. The van der Waals surface area contributed by atoms with Crippen molar-refractivity contribution in [1.29, 1.82) is 0 Å². The normalized spacial score (nSPS) is 20.3. The number of anilines is 1. The van der Waals surface area contributed by atoms with Crippen LogP contribution in [0.4, 0.5) is 10.6 Å². The molecule has 0 radical (unpaired) electrons. The van der Waals surface area contributed by atoms with Crippen LogP contribution in [0.15, 0.2) is 18.3 Å². The highest BCUT2D eigenvalue weighted by atomic mass is 16.2. The predicted octanol–water partition coefficient (Wildman–Crippen LogP) is 2.13. The Balaban J connectivity index is 1.47. The van der Waals surface area contributed by atoms with E-state index in [1.165, 1.54) is 19.3 Å². The van der Waals surface area contributed by atoms with Crippen molar-refractivity contribution in [3.05, 3.63) is 23.9 Å². The van der Waals surface area contributed by atoms with Crippen LogP contribution < -0.4 is 15.5 Å². The zero-order chi connectivity index (χ0) is 19.1. The highest BCUT2D eigenvalue weighted by Crippen LogP contribution is 2.18. The second kappa shape index (κ2) is 9.58. The van der Waals surface area contributed by atoms with Gasteiger partial charge in [-0.25, -0.2) is 9.78 Å². The van der Waals surface area contributed by atoms with E-state index in [0.717, 1.165) is 37.3 Å². The van der Waals surface area contributed by atoms with Gasteiger partial charge >= 0.3 is 6.03 Å². The van der Waals surface area contributed by atoms with Gasteiger partial charge in [-0.15, -0.1) is 0 Å². The van der Waals surface area contributed by atoms with Crippen LogP contribution in [0.1, 0.15) is 44.6 Å². The summed E-state index contributed by atoms with van der Waals surface area (Å²) in [4.78, 5) is 33.1. The van der Waals surface area contributed by atoms with E-state index in [4.69, 9.17) is 0 Å². The number of aromatic nitrogens is 1. The van der Waals surface area contributed by atoms with E-state index >= 15 is 0 Å². The summed E-state index contributed by atoms with van der Waals surface area (Å²) >= 11 is 0. The standard InChI is InChI=1S/C20H31N5O2/c1-2-21-19(26)17-7-6-12-25(15-17)20(27)23-14-16-8-9-18(22-13-16)24-10-4-3-5-11-24/h8-9,13,17H,2-7,10-12,14-15H2,1H3,(H,21,26)(H,23,27). The number of rotatable bonds is 5. The fourth-order valence-corrected chi connectivity index (χ4v) is 3.81. The maximum absolute atomic E-state index is 12.5. The molecule has 1 aromatic heterocycles. The third-order valence-corrected chi connectivity index (χ3v) is 5.36. The Morgan fingerprint density at radius 2 is 1.93 bits per heavy atom. The first-order chi connectivity index (χ1) is 13.2. The lowest BCUT2D eigenvalue weighted by Crippen LogP contribution is -2.48. The smallest absolute Gasteiger partial charge is 0.317 e. The summed E-state index contributed by atoms with van der Waals surface area (Å²) in [5, 5.41) is 5.82. The van der Waals surface area contributed by atoms with Crippen molar-refractivity contribution in [1.82, 2.24) is 20.5 Å². The number of hydrogen-bond acceptors (Lipinski definition) is 4. The van der Waals surface area contributed by atoms with Crippen LogP contribution in [0, 0.1) is 5.92 Å². The molecule has 0 aromatic carbocycles. The molecule has 0 aliphatic carbocycles. The average molecular weight is 374 g/mol. The lowest BCUT2D eigenvalue weighted by Gasteiger charge is -2.32. The molecule has 3 amide bonds. The third-order valence-electron chi connectivity index (χ3n) is 5.36. The van der Waals surface area contributed by atoms with Gasteiger partial charge in [0, 0.05) is 45.5 Å². The minimum absolute atomic E-state index is 0.0486. The van der Waals surface area contributed by atoms with Crippen molar-refractivity contribution in [2.75, 3.05) is 37.6 Å². The first-order valence-corrected chi connectivity index (χ1v) is 10.2. The van der Waals surface area contributed by atoms with E-state index in [9.17, 15) is 9.59 Å². The van der Waals surface area contributed by atoms with E-state index in [1.807, 2.05) is 25.3 Å². The van der Waals surface area contributed by atoms with Crippen LogP contribution in [-0.2, 0) is 11.3 Å². The number of amides is 3. The van der Waals surface area contributed by atoms with Crippen molar-refractivity contribution >= 4 is 17.8 Å². The topological polar surface area (TPSA) is 77.6 Å². The molecule has 2 aliphatic rings. The van der Waals surface area contributed by atoms with Gasteiger partial charge in [0.25, 0.3) is 0 Å². The molecule has 7 nitrogen and oxygen atoms in total. The molecule has 0 saturated carbocycles.